The van der Waals surface area contributed by atoms with Gasteiger partial charge >= 0.3 is 0 Å². The van der Waals surface area contributed by atoms with Gasteiger partial charge in [-0.3, -0.25) is 0 Å². The second kappa shape index (κ2) is 11.9. The molecule has 0 radical (unpaired) electrons. The summed E-state index contributed by atoms with van der Waals surface area (Å²) in [5.41, 5.74) is 22.3. The molecule has 2 spiro atoms. The Morgan fingerprint density at radius 3 is 1.23 bits per heavy atom. The zero-order valence-corrected chi connectivity index (χ0v) is 34.3. The van der Waals surface area contributed by atoms with Gasteiger partial charge in [-0.1, -0.05) is 199 Å². The van der Waals surface area contributed by atoms with Crippen LogP contribution in [0.3, 0.4) is 0 Å². The molecule has 4 aliphatic carbocycles. The quantitative estimate of drug-likeness (QED) is 0.163. The van der Waals surface area contributed by atoms with Crippen molar-refractivity contribution in [2.24, 2.45) is 0 Å². The van der Waals surface area contributed by atoms with Crippen LogP contribution in [0.5, 0.6) is 0 Å². The third-order valence-corrected chi connectivity index (χ3v) is 17.3. The molecule has 60 heavy (non-hydrogen) atoms. The van der Waals surface area contributed by atoms with E-state index in [2.05, 4.69) is 153 Å². The summed E-state index contributed by atoms with van der Waals surface area (Å²) in [4.78, 5) is 0. The molecule has 0 aromatic heterocycles. The Bertz CT molecular complexity index is 3210. The minimum absolute atomic E-state index is 0.435. The largest absolute Gasteiger partial charge is 0.309 e. The highest BCUT2D eigenvalue weighted by molar-refractivity contribution is 7.85. The molecule has 9 aromatic carbocycles. The molecule has 0 amide bonds. The van der Waals surface area contributed by atoms with Gasteiger partial charge < -0.3 is 4.57 Å². The minimum Gasteiger partial charge on any atom is -0.309 e. The van der Waals surface area contributed by atoms with Crippen LogP contribution in [0.2, 0.25) is 0 Å². The third kappa shape index (κ3) is 4.02. The van der Waals surface area contributed by atoms with E-state index in [0.717, 1.165) is 15.9 Å². The van der Waals surface area contributed by atoms with Crippen LogP contribution in [-0.4, -0.2) is 0 Å². The highest BCUT2D eigenvalue weighted by Crippen LogP contribution is 2.72. The Kier molecular flexibility index (Phi) is 6.77. The topological polar surface area (TPSA) is 17.1 Å². The lowest BCUT2D eigenvalue weighted by Gasteiger charge is -2.37. The first-order chi connectivity index (χ1) is 29.4. The van der Waals surface area contributed by atoms with Gasteiger partial charge in [-0.05, 0) is 115 Å². The molecule has 0 atom stereocenters. The van der Waals surface area contributed by atoms with Crippen LogP contribution in [-0.2, 0) is 15.4 Å². The van der Waals surface area contributed by atoms with E-state index < -0.39 is 18.0 Å². The predicted octanol–water partition coefficient (Wildman–Crippen LogP) is 12.6. The summed E-state index contributed by atoms with van der Waals surface area (Å²) in [6, 6.07) is 73.0. The van der Waals surface area contributed by atoms with E-state index in [-0.39, 0.29) is 0 Å². The lowest BCUT2D eigenvalue weighted by Crippen LogP contribution is -2.32. The molecule has 0 fully saturated rings. The highest BCUT2D eigenvalue weighted by Gasteiger charge is 2.61. The molecule has 13 rings (SSSR count). The first-order valence-electron chi connectivity index (χ1n) is 21.0. The van der Waals surface area contributed by atoms with E-state index in [4.69, 9.17) is 0 Å². The minimum atomic E-state index is -3.30. The van der Waals surface area contributed by atoms with Crippen molar-refractivity contribution >= 4 is 23.1 Å². The van der Waals surface area contributed by atoms with Crippen LogP contribution in [0.4, 0.5) is 0 Å². The SMILES string of the molecule is Cc1cc2c3c(c1)C1(c4cc(-c5ccccc5)ccc4-c4ccc(P(=O)(c5ccccc5)c5ccccc5)cc41)c1cc(C)cc(c1-3)C21c2ccccc2-c2ccccc21. The summed E-state index contributed by atoms with van der Waals surface area (Å²) in [5.74, 6) is 0. The van der Waals surface area contributed by atoms with Crippen molar-refractivity contribution in [1.29, 1.82) is 0 Å². The fourth-order valence-corrected chi connectivity index (χ4v) is 14.7. The maximum Gasteiger partial charge on any atom is 0.171 e. The van der Waals surface area contributed by atoms with Crippen LogP contribution >= 0.6 is 7.14 Å². The number of hydrogen-bond donors (Lipinski definition) is 0. The lowest BCUT2D eigenvalue weighted by atomic mass is 9.64. The molecule has 0 saturated heterocycles. The number of aryl methyl sites for hydroxylation is 2. The van der Waals surface area contributed by atoms with Crippen LogP contribution in [0.1, 0.15) is 55.6 Å². The Hall–Kier alpha value is -6.79. The van der Waals surface area contributed by atoms with Gasteiger partial charge in [0.1, 0.15) is 0 Å². The highest BCUT2D eigenvalue weighted by atomic mass is 31.2. The molecule has 0 saturated carbocycles. The number of benzene rings is 9. The van der Waals surface area contributed by atoms with Crippen molar-refractivity contribution in [3.63, 3.8) is 0 Å². The standard InChI is InChI=1S/C58H39OP/c1-36-30-51-55-53(32-36)58(54-33-37(2)31-52(56(54)55)57(51)47-24-14-12-22-43(47)44-23-13-15-25-48(44)57)49-34-39(38-16-6-3-7-17-38)26-28-45(49)46-29-27-42(35-50(46)58)60(59,40-18-8-4-9-19-40)41-20-10-5-11-21-41/h3-35H,1-2H3. The molecule has 4 aliphatic rings. The van der Waals surface area contributed by atoms with E-state index in [1.54, 1.807) is 0 Å². The van der Waals surface area contributed by atoms with E-state index >= 15 is 4.57 Å². The van der Waals surface area contributed by atoms with E-state index in [0.29, 0.717) is 0 Å². The number of rotatable bonds is 4. The van der Waals surface area contributed by atoms with Gasteiger partial charge in [-0.25, -0.2) is 0 Å². The Morgan fingerprint density at radius 1 is 0.317 bits per heavy atom. The first kappa shape index (κ1) is 34.1. The molecular formula is C58H39OP. The molecule has 0 unspecified atom stereocenters. The Labute approximate surface area is 351 Å². The van der Waals surface area contributed by atoms with E-state index in [9.17, 15) is 0 Å². The number of fused-ring (bicyclic) bond motifs is 14. The van der Waals surface area contributed by atoms with Crippen LogP contribution in [0, 0.1) is 13.8 Å². The molecule has 2 heteroatoms. The van der Waals surface area contributed by atoms with Gasteiger partial charge in [-0.2, -0.15) is 0 Å². The van der Waals surface area contributed by atoms with Gasteiger partial charge in [0.15, 0.2) is 7.14 Å². The zero-order valence-electron chi connectivity index (χ0n) is 33.4. The van der Waals surface area contributed by atoms with Gasteiger partial charge in [-0.15, -0.1) is 0 Å². The summed E-state index contributed by atoms with van der Waals surface area (Å²) >= 11 is 0. The van der Waals surface area contributed by atoms with Gasteiger partial charge in [0.25, 0.3) is 0 Å². The fraction of sp³-hybridized carbons (Fsp3) is 0.0690. The summed E-state index contributed by atoms with van der Waals surface area (Å²) in [5, 5.41) is 2.55. The third-order valence-electron chi connectivity index (χ3n) is 14.2. The van der Waals surface area contributed by atoms with Crippen molar-refractivity contribution < 1.29 is 4.57 Å². The molecule has 9 aromatic rings. The Balaban J connectivity index is 1.18. The second-order valence-electron chi connectivity index (χ2n) is 17.2. The summed E-state index contributed by atoms with van der Waals surface area (Å²) < 4.78 is 16.2. The van der Waals surface area contributed by atoms with Crippen molar-refractivity contribution in [2.75, 3.05) is 0 Å². The van der Waals surface area contributed by atoms with Crippen molar-refractivity contribution in [1.82, 2.24) is 0 Å². The van der Waals surface area contributed by atoms with Gasteiger partial charge in [0, 0.05) is 15.9 Å². The molecule has 282 valence electrons. The van der Waals surface area contributed by atoms with Crippen molar-refractivity contribution in [2.45, 2.75) is 24.7 Å². The zero-order chi connectivity index (χ0) is 40.0. The molecule has 0 aliphatic heterocycles. The normalized spacial score (nSPS) is 14.8. The maximum absolute atomic E-state index is 16.2. The van der Waals surface area contributed by atoms with E-state index in [1.807, 2.05) is 60.7 Å². The van der Waals surface area contributed by atoms with Crippen LogP contribution in [0.15, 0.2) is 200 Å². The molecule has 1 nitrogen and oxygen atoms in total. The maximum atomic E-state index is 16.2. The van der Waals surface area contributed by atoms with Crippen molar-refractivity contribution in [3.8, 4) is 44.5 Å². The summed E-state index contributed by atoms with van der Waals surface area (Å²) in [6.07, 6.45) is 0. The molecular weight excluding hydrogens is 744 g/mol. The van der Waals surface area contributed by atoms with Crippen molar-refractivity contribution in [3.05, 3.63) is 256 Å². The van der Waals surface area contributed by atoms with Gasteiger partial charge in [0.2, 0.25) is 0 Å². The average molecular weight is 783 g/mol. The predicted molar refractivity (Wildman–Crippen MR) is 248 cm³/mol. The Morgan fingerprint density at radius 2 is 0.717 bits per heavy atom. The molecule has 0 heterocycles. The smallest absolute Gasteiger partial charge is 0.171 e. The average Bonchev–Trinajstić information content (AvgIpc) is 3.97. The summed E-state index contributed by atoms with van der Waals surface area (Å²) in [6.45, 7) is 4.56. The van der Waals surface area contributed by atoms with Crippen LogP contribution in [0.25, 0.3) is 44.5 Å². The molecule has 0 N–H and O–H groups in total. The number of hydrogen-bond acceptors (Lipinski definition) is 1. The van der Waals surface area contributed by atoms with Crippen LogP contribution < -0.4 is 15.9 Å². The molecule has 0 bridgehead atoms. The van der Waals surface area contributed by atoms with E-state index in [1.165, 1.54) is 100 Å². The fourth-order valence-electron chi connectivity index (χ4n) is 12.0. The second-order valence-corrected chi connectivity index (χ2v) is 20.0. The first-order valence-corrected chi connectivity index (χ1v) is 22.7. The monoisotopic (exact) mass is 782 g/mol. The lowest BCUT2D eigenvalue weighted by molar-refractivity contribution is 0.592. The van der Waals surface area contributed by atoms with Gasteiger partial charge in [0.05, 0.1) is 10.8 Å². The summed E-state index contributed by atoms with van der Waals surface area (Å²) in [7, 11) is -3.30.